The van der Waals surface area contributed by atoms with Crippen LogP contribution in [0.1, 0.15) is 22.3 Å². The van der Waals surface area contributed by atoms with Gasteiger partial charge in [-0.05, 0) is 34.8 Å². The second-order valence-corrected chi connectivity index (χ2v) is 10.6. The summed E-state index contributed by atoms with van der Waals surface area (Å²) in [5.74, 6) is 0. The average molecular weight is 632 g/mol. The van der Waals surface area contributed by atoms with Gasteiger partial charge in [0.2, 0.25) is 0 Å². The van der Waals surface area contributed by atoms with E-state index < -0.39 is 0 Å². The summed E-state index contributed by atoms with van der Waals surface area (Å²) in [5.41, 5.74) is 14.1. The van der Waals surface area contributed by atoms with Crippen molar-refractivity contribution < 1.29 is 16.8 Å². The van der Waals surface area contributed by atoms with Crippen molar-refractivity contribution in [1.82, 2.24) is 0 Å². The Hall–Kier alpha value is -2.79. The van der Waals surface area contributed by atoms with Crippen molar-refractivity contribution in [2.45, 2.75) is 0 Å². The van der Waals surface area contributed by atoms with Gasteiger partial charge in [0.25, 0.3) is 0 Å². The van der Waals surface area contributed by atoms with Gasteiger partial charge >= 0.3 is 0 Å². The second kappa shape index (κ2) is 18.5. The van der Waals surface area contributed by atoms with E-state index in [9.17, 15) is 0 Å². The van der Waals surface area contributed by atoms with Crippen LogP contribution in [-0.2, 0) is 41.2 Å². The van der Waals surface area contributed by atoms with E-state index in [1.165, 1.54) is 23.5 Å². The topological polar surface area (TPSA) is 52.9 Å². The summed E-state index contributed by atoms with van der Waals surface area (Å²) in [5, 5.41) is 8.68. The molecule has 0 heterocycles. The fourth-order valence-electron chi connectivity index (χ4n) is 3.22. The van der Waals surface area contributed by atoms with Crippen LogP contribution in [0.15, 0.2) is 132 Å². The van der Waals surface area contributed by atoms with Crippen molar-refractivity contribution in [2.24, 2.45) is 10.2 Å². The van der Waals surface area contributed by atoms with E-state index >= 15 is 0 Å². The molecule has 0 unspecified atom stereocenters. The molecule has 0 saturated carbocycles. The van der Waals surface area contributed by atoms with E-state index in [0.717, 1.165) is 33.7 Å². The van der Waals surface area contributed by atoms with Gasteiger partial charge in [-0.2, -0.15) is 0 Å². The van der Waals surface area contributed by atoms with Gasteiger partial charge in [0.05, 0.1) is 11.4 Å². The van der Waals surface area contributed by atoms with E-state index in [0.29, 0.717) is 8.64 Å². The third kappa shape index (κ3) is 11.1. The first-order valence-electron chi connectivity index (χ1n) is 11.6. The second-order valence-electron chi connectivity index (χ2n) is 7.53. The zero-order valence-corrected chi connectivity index (χ0v) is 25.8. The Morgan fingerprint density at radius 2 is 0.718 bits per heavy atom. The first-order valence-corrected chi connectivity index (χ1v) is 15.0. The smallest absolute Gasteiger partial charge is 0.174 e. The van der Waals surface area contributed by atoms with Crippen molar-refractivity contribution in [2.75, 3.05) is 12.5 Å². The number of rotatable bonds is 6. The molecule has 4 rings (SSSR count). The summed E-state index contributed by atoms with van der Waals surface area (Å²) < 4.78 is 1.29. The van der Waals surface area contributed by atoms with Crippen LogP contribution >= 0.6 is 23.5 Å². The maximum absolute atomic E-state index is 4.34. The first-order chi connectivity index (χ1) is 18.6. The summed E-state index contributed by atoms with van der Waals surface area (Å²) in [6.45, 7) is 0. The summed E-state index contributed by atoms with van der Waals surface area (Å²) in [4.78, 5) is 0. The van der Waals surface area contributed by atoms with Gasteiger partial charge in [-0.3, -0.25) is 0 Å². The van der Waals surface area contributed by atoms with Gasteiger partial charge in [0.15, 0.2) is 33.1 Å². The zero-order valence-electron chi connectivity index (χ0n) is 21.4. The normalized spacial score (nSPS) is 9.49. The fraction of sp³-hybridized carbons (Fsp3) is 0.0667. The van der Waals surface area contributed by atoms with Crippen LogP contribution in [0, 0.1) is 0 Å². The molecule has 0 aliphatic heterocycles. The Morgan fingerprint density at radius 1 is 0.487 bits per heavy atom. The number of thioether (sulfide) groups is 2. The van der Waals surface area contributed by atoms with Crippen LogP contribution in [-0.4, -0.2) is 32.6 Å². The molecule has 39 heavy (non-hydrogen) atoms. The molecule has 1 radical (unpaired) electrons. The minimum Gasteiger partial charge on any atom is -0.519 e. The van der Waals surface area contributed by atoms with Crippen LogP contribution < -0.4 is 0 Å². The molecular formula is C30H28CoN4S4. The Kier molecular flexibility index (Phi) is 15.4. The van der Waals surface area contributed by atoms with Gasteiger partial charge in [-0.1, -0.05) is 145 Å². The molecule has 0 fully saturated rings. The molecule has 0 bridgehead atoms. The van der Waals surface area contributed by atoms with Crippen molar-refractivity contribution in [3.8, 4) is 0 Å². The number of nitrogens with zero attached hydrogens (tertiary/aromatic N) is 4. The maximum Gasteiger partial charge on any atom is 0.174 e. The largest absolute Gasteiger partial charge is 0.519 e. The van der Waals surface area contributed by atoms with Crippen LogP contribution in [0.25, 0.3) is 10.9 Å². The maximum atomic E-state index is 4.34. The Labute approximate surface area is 260 Å². The molecule has 0 spiro atoms. The third-order valence-corrected chi connectivity index (χ3v) is 7.19. The minimum absolute atomic E-state index is 0. The Balaban J connectivity index is 0.000000267. The van der Waals surface area contributed by atoms with Gasteiger partial charge in [-0.25, -0.2) is 0 Å². The van der Waals surface area contributed by atoms with E-state index in [4.69, 9.17) is 0 Å². The predicted octanol–water partition coefficient (Wildman–Crippen LogP) is 7.08. The quantitative estimate of drug-likeness (QED) is 0.0751. The number of hydrogen-bond donors (Lipinski definition) is 0. The molecule has 0 aromatic heterocycles. The first kappa shape index (κ1) is 32.4. The summed E-state index contributed by atoms with van der Waals surface area (Å²) in [6.07, 6.45) is 3.85. The minimum atomic E-state index is 0. The molecule has 4 aromatic carbocycles. The van der Waals surface area contributed by atoms with Crippen molar-refractivity contribution in [3.63, 3.8) is 0 Å². The molecule has 4 nitrogen and oxygen atoms in total. The molecule has 0 saturated heterocycles. The van der Waals surface area contributed by atoms with Gasteiger partial charge in [-0.15, -0.1) is 0 Å². The van der Waals surface area contributed by atoms with Crippen molar-refractivity contribution in [3.05, 3.63) is 154 Å². The molecule has 0 aliphatic carbocycles. The molecule has 0 amide bonds. The zero-order chi connectivity index (χ0) is 27.0. The Bertz CT molecular complexity index is 1160. The summed E-state index contributed by atoms with van der Waals surface area (Å²) in [7, 11) is 0. The average Bonchev–Trinajstić information content (AvgIpc) is 2.99. The van der Waals surface area contributed by atoms with Crippen LogP contribution in [0.4, 0.5) is 0 Å². The van der Waals surface area contributed by atoms with E-state index in [1.54, 1.807) is 0 Å². The van der Waals surface area contributed by atoms with Gasteiger partial charge in [0, 0.05) is 16.8 Å². The van der Waals surface area contributed by atoms with Crippen molar-refractivity contribution >= 4 is 68.0 Å². The molecule has 4 aromatic rings. The predicted molar refractivity (Wildman–Crippen MR) is 178 cm³/mol. The SMILES string of the molecule is CSC(=[SH+])[N-]N=C(c1ccccc1)c1ccccc1.CSC(=[SH+])[N-]N=C(c1ccccc1)c1ccccc1.[Co]. The standard InChI is InChI=1S/2C15H14N2S2.Co/c2*1-19-15(18)17-16-14(12-8-4-2-5-9-12)13-10-6-3-7-11-13;/h2*2-11H,1H3,(H,17,18);. The van der Waals surface area contributed by atoms with Crippen LogP contribution in [0.5, 0.6) is 0 Å². The molecule has 0 N–H and O–H groups in total. The van der Waals surface area contributed by atoms with E-state index in [2.05, 4.69) is 45.5 Å². The summed E-state index contributed by atoms with van der Waals surface area (Å²) >= 11 is 11.4. The number of thiol groups is 2. The van der Waals surface area contributed by atoms with E-state index in [1.807, 2.05) is 134 Å². The number of hydrogen-bond acceptors (Lipinski definition) is 4. The Morgan fingerprint density at radius 3 is 0.923 bits per heavy atom. The monoisotopic (exact) mass is 631 g/mol. The molecular weight excluding hydrogens is 604 g/mol. The van der Waals surface area contributed by atoms with Gasteiger partial charge in [0.1, 0.15) is 0 Å². The van der Waals surface area contributed by atoms with E-state index in [-0.39, 0.29) is 16.8 Å². The number of benzene rings is 4. The molecule has 0 aliphatic rings. The van der Waals surface area contributed by atoms with Crippen molar-refractivity contribution in [1.29, 1.82) is 0 Å². The molecule has 9 heteroatoms. The summed E-state index contributed by atoms with van der Waals surface area (Å²) in [6, 6.07) is 40.1. The van der Waals surface area contributed by atoms with Crippen LogP contribution in [0.2, 0.25) is 0 Å². The van der Waals surface area contributed by atoms with Crippen LogP contribution in [0.3, 0.4) is 0 Å². The van der Waals surface area contributed by atoms with Gasteiger partial charge < -0.3 is 21.1 Å². The molecule has 201 valence electrons. The molecule has 0 atom stereocenters. The fourth-order valence-corrected chi connectivity index (χ4v) is 3.55. The third-order valence-electron chi connectivity index (χ3n) is 5.03.